The van der Waals surface area contributed by atoms with Crippen molar-refractivity contribution in [2.75, 3.05) is 11.1 Å². The lowest BCUT2D eigenvalue weighted by Crippen LogP contribution is -2.17. The maximum absolute atomic E-state index is 13.0. The van der Waals surface area contributed by atoms with Gasteiger partial charge in [-0.25, -0.2) is 9.97 Å². The van der Waals surface area contributed by atoms with Crippen molar-refractivity contribution >= 4 is 62.3 Å². The van der Waals surface area contributed by atoms with E-state index < -0.39 is 0 Å². The quantitative estimate of drug-likeness (QED) is 0.185. The Balaban J connectivity index is 1.34. The number of nitrogens with zero attached hydrogens (tertiary/aromatic N) is 2. The van der Waals surface area contributed by atoms with E-state index in [9.17, 15) is 9.59 Å². The molecule has 0 fully saturated rings. The van der Waals surface area contributed by atoms with Crippen LogP contribution in [0.3, 0.4) is 0 Å². The molecule has 0 aliphatic heterocycles. The molecule has 0 bridgehead atoms. The number of hydrogen-bond acceptors (Lipinski definition) is 6. The lowest BCUT2D eigenvalue weighted by molar-refractivity contribution is -0.113. The third-order valence-corrected chi connectivity index (χ3v) is 8.32. The number of anilines is 1. The average molecular weight is 508 g/mol. The van der Waals surface area contributed by atoms with Crippen LogP contribution in [0.1, 0.15) is 39.7 Å². The summed E-state index contributed by atoms with van der Waals surface area (Å²) in [6, 6.07) is 13.9. The van der Waals surface area contributed by atoms with Gasteiger partial charge in [-0.3, -0.25) is 9.59 Å². The van der Waals surface area contributed by atoms with Gasteiger partial charge in [0.2, 0.25) is 5.91 Å². The Bertz CT molecular complexity index is 1390. The number of thiophene rings is 1. The zero-order valence-electron chi connectivity index (χ0n) is 18.5. The largest absolute Gasteiger partial charge is 0.325 e. The summed E-state index contributed by atoms with van der Waals surface area (Å²) in [5.41, 5.74) is 2.69. The van der Waals surface area contributed by atoms with E-state index in [-0.39, 0.29) is 17.4 Å². The van der Waals surface area contributed by atoms with Gasteiger partial charge in [-0.15, -0.1) is 11.3 Å². The van der Waals surface area contributed by atoms with Crippen LogP contribution in [0.2, 0.25) is 5.02 Å². The molecule has 1 atom stereocenters. The Morgan fingerprint density at radius 1 is 1.18 bits per heavy atom. The number of hydrogen-bond donors (Lipinski definition) is 1. The second kappa shape index (κ2) is 9.86. The van der Waals surface area contributed by atoms with Gasteiger partial charge in [0.25, 0.3) is 0 Å². The van der Waals surface area contributed by atoms with Crippen molar-refractivity contribution in [2.24, 2.45) is 5.92 Å². The van der Waals surface area contributed by atoms with Gasteiger partial charge in [-0.1, -0.05) is 60.6 Å². The lowest BCUT2D eigenvalue weighted by Gasteiger charge is -2.18. The molecule has 2 aromatic heterocycles. The van der Waals surface area contributed by atoms with E-state index in [0.29, 0.717) is 27.8 Å². The number of benzene rings is 2. The van der Waals surface area contributed by atoms with Crippen LogP contribution in [0, 0.1) is 5.92 Å². The van der Waals surface area contributed by atoms with E-state index in [1.165, 1.54) is 22.2 Å². The average Bonchev–Trinajstić information content (AvgIpc) is 3.22. The van der Waals surface area contributed by atoms with E-state index in [1.54, 1.807) is 60.1 Å². The van der Waals surface area contributed by atoms with Crippen LogP contribution < -0.4 is 5.32 Å². The van der Waals surface area contributed by atoms with E-state index in [4.69, 9.17) is 11.6 Å². The minimum absolute atomic E-state index is 0.175. The third-order valence-electron chi connectivity index (χ3n) is 5.93. The number of carbonyl (C=O) groups is 2. The summed E-state index contributed by atoms with van der Waals surface area (Å²) < 4.78 is 0. The molecule has 4 aromatic rings. The van der Waals surface area contributed by atoms with Crippen molar-refractivity contribution in [2.45, 2.75) is 31.2 Å². The first-order valence-electron chi connectivity index (χ1n) is 11.1. The van der Waals surface area contributed by atoms with Gasteiger partial charge < -0.3 is 5.32 Å². The lowest BCUT2D eigenvalue weighted by atomic mass is 9.89. The highest BCUT2D eigenvalue weighted by Crippen LogP contribution is 2.40. The van der Waals surface area contributed by atoms with Gasteiger partial charge in [0.05, 0.1) is 11.4 Å². The van der Waals surface area contributed by atoms with Gasteiger partial charge in [0.15, 0.2) is 5.78 Å². The predicted octanol–water partition coefficient (Wildman–Crippen LogP) is 6.43. The molecule has 8 heteroatoms. The molecule has 1 amide bonds. The maximum atomic E-state index is 13.0. The highest BCUT2D eigenvalue weighted by Gasteiger charge is 2.23. The Morgan fingerprint density at radius 3 is 2.82 bits per heavy atom. The number of aromatic nitrogens is 2. The number of rotatable bonds is 6. The second-order valence-corrected chi connectivity index (χ2v) is 10.9. The molecule has 5 nitrogen and oxygen atoms in total. The predicted molar refractivity (Wildman–Crippen MR) is 139 cm³/mol. The van der Waals surface area contributed by atoms with Gasteiger partial charge >= 0.3 is 0 Å². The van der Waals surface area contributed by atoms with Crippen LogP contribution in [0.5, 0.6) is 0 Å². The van der Waals surface area contributed by atoms with Crippen LogP contribution >= 0.6 is 34.7 Å². The summed E-state index contributed by atoms with van der Waals surface area (Å²) >= 11 is 9.30. The molecule has 2 aromatic carbocycles. The van der Waals surface area contributed by atoms with Crippen molar-refractivity contribution in [3.8, 4) is 0 Å². The summed E-state index contributed by atoms with van der Waals surface area (Å²) in [6.07, 6.45) is 4.84. The molecule has 0 saturated heterocycles. The smallest absolute Gasteiger partial charge is 0.234 e. The van der Waals surface area contributed by atoms with Crippen LogP contribution in [-0.2, 0) is 17.6 Å². The molecule has 2 heterocycles. The van der Waals surface area contributed by atoms with Gasteiger partial charge in [0, 0.05) is 26.4 Å². The first-order chi connectivity index (χ1) is 16.5. The zero-order valence-corrected chi connectivity index (χ0v) is 20.9. The zero-order chi connectivity index (χ0) is 23.7. The van der Waals surface area contributed by atoms with Crippen molar-refractivity contribution in [3.05, 3.63) is 81.4 Å². The van der Waals surface area contributed by atoms with E-state index >= 15 is 0 Å². The highest BCUT2D eigenvalue weighted by molar-refractivity contribution is 8.00. The van der Waals surface area contributed by atoms with E-state index in [0.717, 1.165) is 34.5 Å². The Kier molecular flexibility index (Phi) is 6.68. The Hall–Kier alpha value is -2.74. The number of amides is 1. The topological polar surface area (TPSA) is 72.0 Å². The highest BCUT2D eigenvalue weighted by atomic mass is 35.5. The van der Waals surface area contributed by atoms with E-state index in [2.05, 4.69) is 22.2 Å². The van der Waals surface area contributed by atoms with Crippen LogP contribution in [0.25, 0.3) is 10.2 Å². The van der Waals surface area contributed by atoms with Gasteiger partial charge in [-0.05, 0) is 48.9 Å². The third kappa shape index (κ3) is 4.73. The summed E-state index contributed by atoms with van der Waals surface area (Å²) in [6.45, 7) is 2.28. The minimum Gasteiger partial charge on any atom is -0.325 e. The normalized spacial score (nSPS) is 15.2. The number of aryl methyl sites for hydroxylation is 1. The standard InChI is InChI=1S/C26H22ClN3O2S2/c1-15-7-9-18-21(11-15)34-26-23(18)25(28-14-29-26)33-13-22(31)30-20-10-8-17(27)12-19(20)24(32)16-5-3-2-4-6-16/h2-6,8,10,12,14-15H,7,9,11,13H2,1H3,(H,30,31). The molecule has 34 heavy (non-hydrogen) atoms. The Labute approximate surface area is 211 Å². The molecule has 5 rings (SSSR count). The second-order valence-electron chi connectivity index (χ2n) is 8.43. The number of nitrogens with one attached hydrogen (secondary N) is 1. The monoisotopic (exact) mass is 507 g/mol. The van der Waals surface area contributed by atoms with Crippen LogP contribution in [-0.4, -0.2) is 27.4 Å². The first-order valence-corrected chi connectivity index (χ1v) is 13.2. The minimum atomic E-state index is -0.209. The van der Waals surface area contributed by atoms with Gasteiger partial charge in [-0.2, -0.15) is 0 Å². The summed E-state index contributed by atoms with van der Waals surface area (Å²) in [5, 5.41) is 5.26. The first kappa shape index (κ1) is 23.0. The molecule has 172 valence electrons. The molecule has 0 radical (unpaired) electrons. The molecular formula is C26H22ClN3O2S2. The fourth-order valence-corrected chi connectivity index (χ4v) is 6.65. The number of carbonyl (C=O) groups excluding carboxylic acids is 2. The number of thioether (sulfide) groups is 1. The summed E-state index contributed by atoms with van der Waals surface area (Å²) in [5.74, 6) is 0.457. The number of ketones is 1. The van der Waals surface area contributed by atoms with Crippen LogP contribution in [0.15, 0.2) is 59.9 Å². The molecule has 1 N–H and O–H groups in total. The number of fused-ring (bicyclic) bond motifs is 3. The molecule has 0 spiro atoms. The van der Waals surface area contributed by atoms with Gasteiger partial charge in [0.1, 0.15) is 16.2 Å². The molecule has 1 aliphatic carbocycles. The fourth-order valence-electron chi connectivity index (χ4n) is 4.23. The van der Waals surface area contributed by atoms with Crippen molar-refractivity contribution in [3.63, 3.8) is 0 Å². The molecule has 1 unspecified atom stereocenters. The number of halogens is 1. The van der Waals surface area contributed by atoms with Crippen molar-refractivity contribution in [1.82, 2.24) is 9.97 Å². The van der Waals surface area contributed by atoms with Crippen LogP contribution in [0.4, 0.5) is 5.69 Å². The van der Waals surface area contributed by atoms with Crippen molar-refractivity contribution in [1.29, 1.82) is 0 Å². The molecular weight excluding hydrogens is 486 g/mol. The fraction of sp³-hybridized carbons (Fsp3) is 0.231. The maximum Gasteiger partial charge on any atom is 0.234 e. The SMILES string of the molecule is CC1CCc2c(sc3ncnc(SCC(=O)Nc4ccc(Cl)cc4C(=O)c4ccccc4)c23)C1. The van der Waals surface area contributed by atoms with E-state index in [1.807, 2.05) is 6.07 Å². The summed E-state index contributed by atoms with van der Waals surface area (Å²) in [7, 11) is 0. The van der Waals surface area contributed by atoms with Crippen molar-refractivity contribution < 1.29 is 9.59 Å². The Morgan fingerprint density at radius 2 is 2.00 bits per heavy atom. The summed E-state index contributed by atoms with van der Waals surface area (Å²) in [4.78, 5) is 37.2. The molecule has 1 aliphatic rings. The molecule has 0 saturated carbocycles.